The molecule has 4 heteroatoms. The molecule has 0 spiro atoms. The molecule has 10 rings (SSSR count). The summed E-state index contributed by atoms with van der Waals surface area (Å²) in [5.41, 5.74) is 10.4. The van der Waals surface area contributed by atoms with E-state index in [1.54, 1.807) is 11.3 Å². The van der Waals surface area contributed by atoms with Gasteiger partial charge in [-0.2, -0.15) is 0 Å². The molecule has 0 aliphatic heterocycles. The maximum atomic E-state index is 6.53. The third-order valence-corrected chi connectivity index (χ3v) is 10.5. The highest BCUT2D eigenvalue weighted by atomic mass is 32.1. The molecule has 0 bridgehead atoms. The first-order valence-electron chi connectivity index (χ1n) is 16.1. The summed E-state index contributed by atoms with van der Waals surface area (Å²) in [4.78, 5) is 10.5. The summed E-state index contributed by atoms with van der Waals surface area (Å²) >= 11 is 1.75. The quantitative estimate of drug-likeness (QED) is 0.194. The minimum atomic E-state index is 0.701. The van der Waals surface area contributed by atoms with Crippen molar-refractivity contribution in [3.05, 3.63) is 158 Å². The Morgan fingerprint density at radius 3 is 1.92 bits per heavy atom. The van der Waals surface area contributed by atoms with Crippen LogP contribution in [-0.4, -0.2) is 9.97 Å². The first kappa shape index (κ1) is 27.1. The lowest BCUT2D eigenvalue weighted by Crippen LogP contribution is -1.94. The lowest BCUT2D eigenvalue weighted by Gasteiger charge is -2.08. The number of hydrogen-bond donors (Lipinski definition) is 0. The molecule has 0 saturated carbocycles. The van der Waals surface area contributed by atoms with Crippen molar-refractivity contribution in [2.45, 2.75) is 0 Å². The molecule has 0 unspecified atom stereocenters. The van der Waals surface area contributed by atoms with Crippen LogP contribution < -0.4 is 0 Å². The van der Waals surface area contributed by atoms with Crippen LogP contribution in [0.1, 0.15) is 0 Å². The number of rotatable bonds is 4. The summed E-state index contributed by atoms with van der Waals surface area (Å²) in [6.07, 6.45) is 0. The molecule has 0 amide bonds. The van der Waals surface area contributed by atoms with Crippen molar-refractivity contribution < 1.29 is 4.42 Å². The minimum absolute atomic E-state index is 0.701. The maximum absolute atomic E-state index is 6.53. The number of aromatic nitrogens is 2. The van der Waals surface area contributed by atoms with Crippen LogP contribution in [-0.2, 0) is 0 Å². The fourth-order valence-corrected chi connectivity index (χ4v) is 8.08. The summed E-state index contributed by atoms with van der Waals surface area (Å²) < 4.78 is 8.85. The molecule has 10 aromatic rings. The molecule has 48 heavy (non-hydrogen) atoms. The molecule has 7 aromatic carbocycles. The van der Waals surface area contributed by atoms with Crippen molar-refractivity contribution in [2.24, 2.45) is 0 Å². The number of fused-ring (bicyclic) bond motifs is 7. The molecule has 0 aliphatic rings. The van der Waals surface area contributed by atoms with E-state index in [2.05, 4.69) is 140 Å². The van der Waals surface area contributed by atoms with E-state index < -0.39 is 0 Å². The van der Waals surface area contributed by atoms with E-state index >= 15 is 0 Å². The fourth-order valence-electron chi connectivity index (χ4n) is 6.93. The van der Waals surface area contributed by atoms with Gasteiger partial charge in [-0.3, -0.25) is 0 Å². The van der Waals surface area contributed by atoms with Crippen LogP contribution in [0.4, 0.5) is 0 Å². The van der Waals surface area contributed by atoms with E-state index in [1.807, 2.05) is 18.2 Å². The Morgan fingerprint density at radius 2 is 1.12 bits per heavy atom. The van der Waals surface area contributed by atoms with Crippen molar-refractivity contribution in [3.63, 3.8) is 0 Å². The van der Waals surface area contributed by atoms with Gasteiger partial charge in [0.2, 0.25) is 0 Å². The van der Waals surface area contributed by atoms with E-state index in [4.69, 9.17) is 14.4 Å². The number of furan rings is 1. The zero-order chi connectivity index (χ0) is 31.6. The van der Waals surface area contributed by atoms with Gasteiger partial charge in [-0.15, -0.1) is 11.3 Å². The second-order valence-corrected chi connectivity index (χ2v) is 13.2. The second-order valence-electron chi connectivity index (χ2n) is 12.2. The highest BCUT2D eigenvalue weighted by molar-refractivity contribution is 7.26. The third kappa shape index (κ3) is 4.34. The molecular formula is C44H26N2OS. The number of thiophene rings is 1. The largest absolute Gasteiger partial charge is 0.456 e. The van der Waals surface area contributed by atoms with Crippen molar-refractivity contribution in [3.8, 4) is 44.9 Å². The predicted molar refractivity (Wildman–Crippen MR) is 201 cm³/mol. The molecule has 3 heterocycles. The van der Waals surface area contributed by atoms with Crippen LogP contribution in [0.5, 0.6) is 0 Å². The molecule has 0 N–H and O–H groups in total. The van der Waals surface area contributed by atoms with Crippen LogP contribution in [0.25, 0.3) is 97.9 Å². The Bertz CT molecular complexity index is 2830. The van der Waals surface area contributed by atoms with Gasteiger partial charge in [0.05, 0.1) is 15.9 Å². The van der Waals surface area contributed by atoms with Gasteiger partial charge in [0.15, 0.2) is 5.82 Å². The molecule has 0 atom stereocenters. The minimum Gasteiger partial charge on any atom is -0.456 e. The van der Waals surface area contributed by atoms with Gasteiger partial charge in [0.1, 0.15) is 11.2 Å². The van der Waals surface area contributed by atoms with Gasteiger partial charge in [-0.05, 0) is 69.4 Å². The number of nitrogens with zero attached hydrogens (tertiary/aromatic N) is 2. The van der Waals surface area contributed by atoms with Crippen LogP contribution in [0.2, 0.25) is 0 Å². The Kier molecular flexibility index (Phi) is 6.05. The molecule has 3 nitrogen and oxygen atoms in total. The molecular weight excluding hydrogens is 605 g/mol. The van der Waals surface area contributed by atoms with E-state index in [9.17, 15) is 0 Å². The topological polar surface area (TPSA) is 38.9 Å². The second kappa shape index (κ2) is 10.7. The summed E-state index contributed by atoms with van der Waals surface area (Å²) in [7, 11) is 0. The van der Waals surface area contributed by atoms with Gasteiger partial charge >= 0.3 is 0 Å². The van der Waals surface area contributed by atoms with Gasteiger partial charge in [-0.25, -0.2) is 9.97 Å². The van der Waals surface area contributed by atoms with Crippen LogP contribution in [0, 0.1) is 0 Å². The average Bonchev–Trinajstić information content (AvgIpc) is 3.73. The standard InChI is InChI=1S/C44H26N2OS/c1-3-10-27(11-4-1)29-18-19-31-25-32(21-20-30(31)24-29)33-22-23-34-38(26-33)47-37-16-9-15-36(40(34)37)44-45-41(28-12-5-2-6-13-28)43-42(46-44)35-14-7-8-17-39(35)48-43/h1-26H. The normalized spacial score (nSPS) is 11.8. The van der Waals surface area contributed by atoms with Crippen LogP contribution in [0.3, 0.4) is 0 Å². The van der Waals surface area contributed by atoms with E-state index in [-0.39, 0.29) is 0 Å². The van der Waals surface area contributed by atoms with Gasteiger partial charge in [-0.1, -0.05) is 121 Å². The molecule has 0 radical (unpaired) electrons. The zero-order valence-electron chi connectivity index (χ0n) is 25.7. The molecule has 224 valence electrons. The summed E-state index contributed by atoms with van der Waals surface area (Å²) in [5.74, 6) is 0.701. The zero-order valence-corrected chi connectivity index (χ0v) is 26.5. The van der Waals surface area contributed by atoms with Crippen molar-refractivity contribution in [2.75, 3.05) is 0 Å². The lowest BCUT2D eigenvalue weighted by molar-refractivity contribution is 0.669. The van der Waals surface area contributed by atoms with Gasteiger partial charge in [0.25, 0.3) is 0 Å². The molecule has 3 aromatic heterocycles. The monoisotopic (exact) mass is 630 g/mol. The Morgan fingerprint density at radius 1 is 0.458 bits per heavy atom. The lowest BCUT2D eigenvalue weighted by atomic mass is 9.97. The predicted octanol–water partition coefficient (Wildman–Crippen LogP) is 12.6. The van der Waals surface area contributed by atoms with E-state index in [1.165, 1.54) is 26.6 Å². The fraction of sp³-hybridized carbons (Fsp3) is 0. The van der Waals surface area contributed by atoms with Crippen LogP contribution in [0.15, 0.2) is 162 Å². The summed E-state index contributed by atoms with van der Waals surface area (Å²) in [6, 6.07) is 55.5. The third-order valence-electron chi connectivity index (χ3n) is 9.29. The Labute approximate surface area is 280 Å². The Balaban J connectivity index is 1.11. The maximum Gasteiger partial charge on any atom is 0.161 e. The van der Waals surface area contributed by atoms with Crippen molar-refractivity contribution in [1.29, 1.82) is 0 Å². The first-order valence-corrected chi connectivity index (χ1v) is 16.9. The van der Waals surface area contributed by atoms with E-state index in [0.717, 1.165) is 65.5 Å². The average molecular weight is 631 g/mol. The number of hydrogen-bond acceptors (Lipinski definition) is 4. The highest BCUT2D eigenvalue weighted by Gasteiger charge is 2.20. The van der Waals surface area contributed by atoms with Gasteiger partial charge < -0.3 is 4.42 Å². The van der Waals surface area contributed by atoms with Crippen molar-refractivity contribution in [1.82, 2.24) is 9.97 Å². The van der Waals surface area contributed by atoms with Crippen LogP contribution >= 0.6 is 11.3 Å². The SMILES string of the molecule is c1ccc(-c2ccc3cc(-c4ccc5c(c4)oc4cccc(-c6nc(-c7ccccc7)c7sc8ccccc8c7n6)c45)ccc3c2)cc1. The number of benzene rings is 7. The summed E-state index contributed by atoms with van der Waals surface area (Å²) in [6.45, 7) is 0. The van der Waals surface area contributed by atoms with Gasteiger partial charge in [0, 0.05) is 32.0 Å². The first-order chi connectivity index (χ1) is 23.8. The highest BCUT2D eigenvalue weighted by Crippen LogP contribution is 2.42. The molecule has 0 aliphatic carbocycles. The smallest absolute Gasteiger partial charge is 0.161 e. The Hall–Kier alpha value is -6.10. The van der Waals surface area contributed by atoms with E-state index in [0.29, 0.717) is 5.82 Å². The van der Waals surface area contributed by atoms with Crippen molar-refractivity contribution >= 4 is 64.4 Å². The summed E-state index contributed by atoms with van der Waals surface area (Å²) in [5, 5.41) is 5.67. The molecule has 0 fully saturated rings. The molecule has 0 saturated heterocycles.